The van der Waals surface area contributed by atoms with Crippen molar-refractivity contribution in [2.75, 3.05) is 0 Å². The van der Waals surface area contributed by atoms with Gasteiger partial charge in [0, 0.05) is 30.3 Å². The number of nitrogens with two attached hydrogens (primary N) is 1. The number of nitrogens with zero attached hydrogens (tertiary/aromatic N) is 3. The van der Waals surface area contributed by atoms with Crippen molar-refractivity contribution in [2.45, 2.75) is 77.1 Å². The van der Waals surface area contributed by atoms with E-state index in [0.29, 0.717) is 12.8 Å². The van der Waals surface area contributed by atoms with Crippen LogP contribution in [0.25, 0.3) is 0 Å². The van der Waals surface area contributed by atoms with Gasteiger partial charge in [-0.25, -0.2) is 4.99 Å². The van der Waals surface area contributed by atoms with Crippen LogP contribution in [0.2, 0.25) is 0 Å². The highest BCUT2D eigenvalue weighted by Gasteiger charge is 2.53. The molecule has 0 saturated heterocycles. The number of ether oxygens (including phenoxy) is 1. The standard InChI is InChI=1S/C29H37N5O3/c1-17(2)29(5)14-22(19-10-6-7-11-23(19)37-29)32-26(36)21-13-20(21)25(18-9-8-12-31-16-18)34-24(35)15-28(3,4)33-27(34)30/h6-12,16-17,20-22,25H,13-15H2,1-5H3,(H2,30,33)(H,32,36). The Bertz CT molecular complexity index is 1230. The molecule has 8 nitrogen and oxygen atoms in total. The maximum Gasteiger partial charge on any atom is 0.232 e. The van der Waals surface area contributed by atoms with Crippen molar-refractivity contribution in [2.24, 2.45) is 28.5 Å². The molecule has 0 bridgehead atoms. The van der Waals surface area contributed by atoms with Crippen molar-refractivity contribution in [3.05, 3.63) is 59.9 Å². The van der Waals surface area contributed by atoms with Crippen LogP contribution in [0.4, 0.5) is 0 Å². The summed E-state index contributed by atoms with van der Waals surface area (Å²) < 4.78 is 6.38. The summed E-state index contributed by atoms with van der Waals surface area (Å²) in [6, 6.07) is 11.2. The summed E-state index contributed by atoms with van der Waals surface area (Å²) in [7, 11) is 0. The number of amides is 2. The van der Waals surface area contributed by atoms with Gasteiger partial charge >= 0.3 is 0 Å². The monoisotopic (exact) mass is 503 g/mol. The van der Waals surface area contributed by atoms with E-state index in [9.17, 15) is 9.59 Å². The third-order valence-electron chi connectivity index (χ3n) is 8.19. The zero-order chi connectivity index (χ0) is 26.5. The molecule has 5 atom stereocenters. The van der Waals surface area contributed by atoms with Crippen LogP contribution in [0, 0.1) is 17.8 Å². The van der Waals surface area contributed by atoms with Gasteiger partial charge in [-0.05, 0) is 56.7 Å². The average Bonchev–Trinajstić information content (AvgIpc) is 3.62. The van der Waals surface area contributed by atoms with Crippen LogP contribution in [-0.2, 0) is 9.59 Å². The number of carbonyl (C=O) groups excluding carboxylic acids is 2. The van der Waals surface area contributed by atoms with Crippen molar-refractivity contribution in [3.8, 4) is 5.75 Å². The van der Waals surface area contributed by atoms with Crippen LogP contribution in [0.1, 0.15) is 77.1 Å². The molecule has 2 aromatic rings. The molecular weight excluding hydrogens is 466 g/mol. The topological polar surface area (TPSA) is 110 Å². The van der Waals surface area contributed by atoms with E-state index in [1.807, 2.05) is 50.2 Å². The minimum Gasteiger partial charge on any atom is -0.487 e. The Morgan fingerprint density at radius 3 is 2.62 bits per heavy atom. The van der Waals surface area contributed by atoms with E-state index in [-0.39, 0.29) is 59.6 Å². The summed E-state index contributed by atoms with van der Waals surface area (Å²) in [5, 5.41) is 3.32. The van der Waals surface area contributed by atoms with E-state index in [0.717, 1.165) is 16.9 Å². The van der Waals surface area contributed by atoms with Crippen LogP contribution in [-0.4, -0.2) is 38.8 Å². The lowest BCUT2D eigenvalue weighted by Crippen LogP contribution is -2.52. The quantitative estimate of drug-likeness (QED) is 0.616. The summed E-state index contributed by atoms with van der Waals surface area (Å²) in [5.41, 5.74) is 7.28. The van der Waals surface area contributed by atoms with Crippen LogP contribution >= 0.6 is 0 Å². The lowest BCUT2D eigenvalue weighted by atomic mass is 9.81. The van der Waals surface area contributed by atoms with Gasteiger partial charge in [-0.15, -0.1) is 0 Å². The number of benzene rings is 1. The van der Waals surface area contributed by atoms with E-state index in [1.54, 1.807) is 17.3 Å². The smallest absolute Gasteiger partial charge is 0.232 e. The van der Waals surface area contributed by atoms with Gasteiger partial charge in [0.15, 0.2) is 5.96 Å². The van der Waals surface area contributed by atoms with E-state index in [2.05, 4.69) is 36.1 Å². The fourth-order valence-corrected chi connectivity index (χ4v) is 5.72. The molecule has 3 aliphatic rings. The van der Waals surface area contributed by atoms with E-state index in [4.69, 9.17) is 10.5 Å². The van der Waals surface area contributed by atoms with Gasteiger partial charge in [-0.3, -0.25) is 19.5 Å². The minimum absolute atomic E-state index is 0.00741. The molecule has 37 heavy (non-hydrogen) atoms. The fourth-order valence-electron chi connectivity index (χ4n) is 5.72. The first kappa shape index (κ1) is 25.2. The molecule has 2 aliphatic heterocycles. The van der Waals surface area contributed by atoms with Crippen LogP contribution in [0.3, 0.4) is 0 Å². The number of aromatic nitrogens is 1. The van der Waals surface area contributed by atoms with Gasteiger partial charge in [-0.2, -0.15) is 0 Å². The van der Waals surface area contributed by atoms with Crippen molar-refractivity contribution in [3.63, 3.8) is 0 Å². The largest absolute Gasteiger partial charge is 0.487 e. The van der Waals surface area contributed by atoms with E-state index >= 15 is 0 Å². The molecule has 0 spiro atoms. The molecular formula is C29H37N5O3. The molecule has 0 radical (unpaired) electrons. The fraction of sp³-hybridized carbons (Fsp3) is 0.517. The first-order chi connectivity index (χ1) is 17.5. The van der Waals surface area contributed by atoms with Crippen molar-refractivity contribution in [1.29, 1.82) is 0 Å². The zero-order valence-electron chi connectivity index (χ0n) is 22.3. The first-order valence-corrected chi connectivity index (χ1v) is 13.1. The molecule has 8 heteroatoms. The lowest BCUT2D eigenvalue weighted by molar-refractivity contribution is -0.132. The molecule has 196 valence electrons. The third-order valence-corrected chi connectivity index (χ3v) is 8.19. The van der Waals surface area contributed by atoms with Crippen molar-refractivity contribution in [1.82, 2.24) is 15.2 Å². The SMILES string of the molecule is CC(C)C1(C)CC(NC(=O)C2CC2C(c2cccnc2)N2C(=O)CC(C)(C)N=C2N)c2ccccc2O1. The Kier molecular flexibility index (Phi) is 6.24. The number of para-hydroxylation sites is 1. The Balaban J connectivity index is 1.40. The van der Waals surface area contributed by atoms with Gasteiger partial charge in [-0.1, -0.05) is 38.1 Å². The highest BCUT2D eigenvalue weighted by molar-refractivity contribution is 5.99. The molecule has 5 rings (SSSR count). The highest BCUT2D eigenvalue weighted by Crippen LogP contribution is 2.52. The molecule has 2 amide bonds. The second-order valence-corrected chi connectivity index (χ2v) is 11.8. The van der Waals surface area contributed by atoms with E-state index in [1.165, 1.54) is 0 Å². The van der Waals surface area contributed by atoms with Crippen molar-refractivity contribution < 1.29 is 14.3 Å². The Morgan fingerprint density at radius 1 is 1.19 bits per heavy atom. The number of rotatable bonds is 6. The molecule has 1 aliphatic carbocycles. The summed E-state index contributed by atoms with van der Waals surface area (Å²) in [4.78, 5) is 37.3. The maximum absolute atomic E-state index is 13.6. The van der Waals surface area contributed by atoms with Gasteiger partial charge in [0.1, 0.15) is 11.4 Å². The number of pyridine rings is 1. The first-order valence-electron chi connectivity index (χ1n) is 13.1. The van der Waals surface area contributed by atoms with Crippen LogP contribution < -0.4 is 15.8 Å². The minimum atomic E-state index is -0.545. The number of hydrogen-bond acceptors (Lipinski definition) is 6. The van der Waals surface area contributed by atoms with Gasteiger partial charge in [0.25, 0.3) is 0 Å². The van der Waals surface area contributed by atoms with Gasteiger partial charge < -0.3 is 15.8 Å². The second kappa shape index (κ2) is 9.15. The Morgan fingerprint density at radius 2 is 1.95 bits per heavy atom. The number of fused-ring (bicyclic) bond motifs is 1. The molecule has 3 heterocycles. The van der Waals surface area contributed by atoms with Gasteiger partial charge in [0.05, 0.1) is 24.0 Å². The predicted octanol–water partition coefficient (Wildman–Crippen LogP) is 4.14. The maximum atomic E-state index is 13.6. The molecule has 1 saturated carbocycles. The summed E-state index contributed by atoms with van der Waals surface area (Å²) in [5.74, 6) is 0.903. The number of hydrogen-bond donors (Lipinski definition) is 2. The number of nitrogens with one attached hydrogen (secondary N) is 1. The Hall–Kier alpha value is -3.42. The third kappa shape index (κ3) is 4.81. The summed E-state index contributed by atoms with van der Waals surface area (Å²) >= 11 is 0. The molecule has 3 N–H and O–H groups in total. The van der Waals surface area contributed by atoms with Gasteiger partial charge in [0.2, 0.25) is 11.8 Å². The predicted molar refractivity (Wildman–Crippen MR) is 142 cm³/mol. The zero-order valence-corrected chi connectivity index (χ0v) is 22.3. The van der Waals surface area contributed by atoms with E-state index < -0.39 is 5.54 Å². The van der Waals surface area contributed by atoms with Crippen LogP contribution in [0.5, 0.6) is 5.75 Å². The molecule has 1 aromatic heterocycles. The highest BCUT2D eigenvalue weighted by atomic mass is 16.5. The summed E-state index contributed by atoms with van der Waals surface area (Å²) in [6.45, 7) is 10.2. The summed E-state index contributed by atoms with van der Waals surface area (Å²) in [6.07, 6.45) is 5.07. The second-order valence-electron chi connectivity index (χ2n) is 11.8. The normalized spacial score (nSPS) is 29.1. The number of carbonyl (C=O) groups is 2. The van der Waals surface area contributed by atoms with Crippen molar-refractivity contribution >= 4 is 17.8 Å². The average molecular weight is 504 g/mol. The molecule has 1 aromatic carbocycles. The van der Waals surface area contributed by atoms with Crippen LogP contribution in [0.15, 0.2) is 53.8 Å². The number of guanidine groups is 1. The number of aliphatic imine (C=N–C) groups is 1. The lowest BCUT2D eigenvalue weighted by Gasteiger charge is -2.43. The molecule has 5 unspecified atom stereocenters. The molecule has 1 fully saturated rings. The Labute approximate surface area is 218 Å².